The highest BCUT2D eigenvalue weighted by Crippen LogP contribution is 2.24. The molecule has 1 aliphatic heterocycles. The van der Waals surface area contributed by atoms with E-state index in [1.54, 1.807) is 0 Å². The van der Waals surface area contributed by atoms with Gasteiger partial charge in [0.2, 0.25) is 5.91 Å². The van der Waals surface area contributed by atoms with Gasteiger partial charge in [-0.3, -0.25) is 4.79 Å². The summed E-state index contributed by atoms with van der Waals surface area (Å²) in [6, 6.07) is 5.49. The maximum absolute atomic E-state index is 12.2. The van der Waals surface area contributed by atoms with Crippen LogP contribution >= 0.6 is 0 Å². The molecule has 0 aliphatic carbocycles. The number of aromatic nitrogens is 2. The van der Waals surface area contributed by atoms with E-state index in [1.165, 1.54) is 19.3 Å². The summed E-state index contributed by atoms with van der Waals surface area (Å²) in [7, 11) is 0. The van der Waals surface area contributed by atoms with Gasteiger partial charge in [-0.15, -0.1) is 0 Å². The molecule has 1 aromatic heterocycles. The van der Waals surface area contributed by atoms with Crippen LogP contribution in [0.3, 0.4) is 0 Å². The molecule has 0 radical (unpaired) electrons. The van der Waals surface area contributed by atoms with E-state index < -0.39 is 6.04 Å². The molecule has 2 aromatic rings. The first-order chi connectivity index (χ1) is 11.0. The number of aryl methyl sites for hydroxylation is 2. The van der Waals surface area contributed by atoms with Gasteiger partial charge in [0.15, 0.2) is 0 Å². The molecule has 1 atom stereocenters. The minimum Gasteiger partial charge on any atom is -0.328 e. The van der Waals surface area contributed by atoms with Gasteiger partial charge in [0.25, 0.3) is 0 Å². The SMILES string of the molecule is CC(C)C[C@H](N)C(=O)Nc1ccc2c(c1)nc1n2CCCCC1. The summed E-state index contributed by atoms with van der Waals surface area (Å²) in [5, 5.41) is 2.92. The Morgan fingerprint density at radius 3 is 2.96 bits per heavy atom. The zero-order valence-corrected chi connectivity index (χ0v) is 14.0. The molecule has 1 amide bonds. The van der Waals surface area contributed by atoms with Crippen molar-refractivity contribution in [3.05, 3.63) is 24.0 Å². The van der Waals surface area contributed by atoms with Gasteiger partial charge in [0, 0.05) is 18.7 Å². The predicted octanol–water partition coefficient (Wildman–Crippen LogP) is 3.07. The summed E-state index contributed by atoms with van der Waals surface area (Å²) in [6.45, 7) is 5.17. The highest BCUT2D eigenvalue weighted by Gasteiger charge is 2.17. The van der Waals surface area contributed by atoms with Crippen LogP contribution in [0.2, 0.25) is 0 Å². The standard InChI is InChI=1S/C18H26N4O/c1-12(2)10-14(19)18(23)20-13-7-8-16-15(11-13)21-17-6-4-3-5-9-22(16)17/h7-8,11-12,14H,3-6,9-10,19H2,1-2H3,(H,20,23)/t14-/m0/s1. The van der Waals surface area contributed by atoms with Crippen molar-refractivity contribution in [1.29, 1.82) is 0 Å². The predicted molar refractivity (Wildman–Crippen MR) is 93.3 cm³/mol. The summed E-state index contributed by atoms with van der Waals surface area (Å²) in [6.07, 6.45) is 5.41. The van der Waals surface area contributed by atoms with E-state index in [1.807, 2.05) is 12.1 Å². The second-order valence-electron chi connectivity index (χ2n) is 6.92. The lowest BCUT2D eigenvalue weighted by molar-refractivity contribution is -0.117. The topological polar surface area (TPSA) is 72.9 Å². The van der Waals surface area contributed by atoms with E-state index in [4.69, 9.17) is 10.7 Å². The van der Waals surface area contributed by atoms with Gasteiger partial charge in [-0.1, -0.05) is 20.3 Å². The first-order valence-electron chi connectivity index (χ1n) is 8.60. The van der Waals surface area contributed by atoms with Gasteiger partial charge in [0.05, 0.1) is 17.1 Å². The molecule has 3 rings (SSSR count). The van der Waals surface area contributed by atoms with Crippen molar-refractivity contribution in [2.24, 2.45) is 11.7 Å². The fraction of sp³-hybridized carbons (Fsp3) is 0.556. The van der Waals surface area contributed by atoms with Crippen LogP contribution in [-0.2, 0) is 17.8 Å². The number of fused-ring (bicyclic) bond motifs is 3. The minimum atomic E-state index is -0.468. The Morgan fingerprint density at radius 1 is 1.35 bits per heavy atom. The number of anilines is 1. The molecule has 1 aromatic carbocycles. The highest BCUT2D eigenvalue weighted by molar-refractivity contribution is 5.96. The van der Waals surface area contributed by atoms with Gasteiger partial charge in [-0.25, -0.2) is 4.98 Å². The summed E-state index contributed by atoms with van der Waals surface area (Å²) in [5.41, 5.74) is 8.83. The van der Waals surface area contributed by atoms with E-state index in [0.717, 1.165) is 35.5 Å². The number of imidazole rings is 1. The van der Waals surface area contributed by atoms with E-state index in [0.29, 0.717) is 12.3 Å². The van der Waals surface area contributed by atoms with Crippen molar-refractivity contribution in [1.82, 2.24) is 9.55 Å². The first-order valence-corrected chi connectivity index (χ1v) is 8.60. The Morgan fingerprint density at radius 2 is 2.17 bits per heavy atom. The van der Waals surface area contributed by atoms with Crippen LogP contribution in [0.1, 0.15) is 45.4 Å². The molecule has 0 fully saturated rings. The van der Waals surface area contributed by atoms with Crippen LogP contribution in [0.4, 0.5) is 5.69 Å². The molecule has 23 heavy (non-hydrogen) atoms. The molecular weight excluding hydrogens is 288 g/mol. The lowest BCUT2D eigenvalue weighted by Crippen LogP contribution is -2.36. The van der Waals surface area contributed by atoms with Crippen LogP contribution in [0, 0.1) is 5.92 Å². The van der Waals surface area contributed by atoms with Crippen LogP contribution in [0.25, 0.3) is 11.0 Å². The van der Waals surface area contributed by atoms with Gasteiger partial charge >= 0.3 is 0 Å². The minimum absolute atomic E-state index is 0.126. The largest absolute Gasteiger partial charge is 0.328 e. The number of carbonyl (C=O) groups is 1. The molecule has 1 aliphatic rings. The average Bonchev–Trinajstić information content (AvgIpc) is 2.67. The summed E-state index contributed by atoms with van der Waals surface area (Å²) >= 11 is 0. The molecule has 0 unspecified atom stereocenters. The summed E-state index contributed by atoms with van der Waals surface area (Å²) in [4.78, 5) is 16.9. The molecule has 2 heterocycles. The Labute approximate surface area is 137 Å². The molecule has 5 nitrogen and oxygen atoms in total. The molecule has 5 heteroatoms. The Kier molecular flexibility index (Phi) is 4.66. The lowest BCUT2D eigenvalue weighted by Gasteiger charge is -2.14. The summed E-state index contributed by atoms with van der Waals surface area (Å²) < 4.78 is 2.32. The van der Waals surface area contributed by atoms with Crippen LogP contribution in [0.15, 0.2) is 18.2 Å². The zero-order chi connectivity index (χ0) is 16.4. The number of benzene rings is 1. The zero-order valence-electron chi connectivity index (χ0n) is 14.0. The fourth-order valence-electron chi connectivity index (χ4n) is 3.28. The Bertz CT molecular complexity index is 704. The average molecular weight is 314 g/mol. The lowest BCUT2D eigenvalue weighted by atomic mass is 10.0. The van der Waals surface area contributed by atoms with Gasteiger partial charge in [-0.05, 0) is 43.4 Å². The Balaban J connectivity index is 1.79. The third kappa shape index (κ3) is 3.55. The number of hydrogen-bond donors (Lipinski definition) is 2. The van der Waals surface area contributed by atoms with Crippen molar-refractivity contribution in [2.45, 2.75) is 58.5 Å². The molecule has 3 N–H and O–H groups in total. The van der Waals surface area contributed by atoms with Crippen LogP contribution in [0.5, 0.6) is 0 Å². The number of hydrogen-bond acceptors (Lipinski definition) is 3. The second kappa shape index (κ2) is 6.71. The van der Waals surface area contributed by atoms with Crippen molar-refractivity contribution >= 4 is 22.6 Å². The smallest absolute Gasteiger partial charge is 0.241 e. The second-order valence-corrected chi connectivity index (χ2v) is 6.92. The highest BCUT2D eigenvalue weighted by atomic mass is 16.2. The molecule has 0 spiro atoms. The number of nitrogens with zero attached hydrogens (tertiary/aromatic N) is 2. The molecule has 124 valence electrons. The van der Waals surface area contributed by atoms with E-state index in [9.17, 15) is 4.79 Å². The third-order valence-corrected chi connectivity index (χ3v) is 4.44. The monoisotopic (exact) mass is 314 g/mol. The van der Waals surface area contributed by atoms with Crippen LogP contribution in [-0.4, -0.2) is 21.5 Å². The van der Waals surface area contributed by atoms with Gasteiger partial charge in [-0.2, -0.15) is 0 Å². The first kappa shape index (κ1) is 16.0. The van der Waals surface area contributed by atoms with Crippen LogP contribution < -0.4 is 11.1 Å². The Hall–Kier alpha value is -1.88. The molecule has 0 saturated carbocycles. The van der Waals surface area contributed by atoms with Gasteiger partial charge in [0.1, 0.15) is 5.82 Å². The molecular formula is C18H26N4O. The number of rotatable bonds is 4. The number of nitrogens with two attached hydrogens (primary N) is 1. The number of carbonyl (C=O) groups excluding carboxylic acids is 1. The molecule has 0 saturated heterocycles. The van der Waals surface area contributed by atoms with Crippen molar-refractivity contribution in [3.8, 4) is 0 Å². The summed E-state index contributed by atoms with van der Waals surface area (Å²) in [5.74, 6) is 1.44. The fourth-order valence-corrected chi connectivity index (χ4v) is 3.28. The number of amides is 1. The van der Waals surface area contributed by atoms with Gasteiger partial charge < -0.3 is 15.6 Å². The number of nitrogens with one attached hydrogen (secondary N) is 1. The normalized spacial score (nSPS) is 16.2. The molecule has 0 bridgehead atoms. The maximum atomic E-state index is 12.2. The maximum Gasteiger partial charge on any atom is 0.241 e. The van der Waals surface area contributed by atoms with E-state index >= 15 is 0 Å². The van der Waals surface area contributed by atoms with Crippen molar-refractivity contribution in [3.63, 3.8) is 0 Å². The third-order valence-electron chi connectivity index (χ3n) is 4.44. The van der Waals surface area contributed by atoms with E-state index in [-0.39, 0.29) is 5.91 Å². The van der Waals surface area contributed by atoms with Crippen molar-refractivity contribution < 1.29 is 4.79 Å². The quantitative estimate of drug-likeness (QED) is 0.911. The van der Waals surface area contributed by atoms with E-state index in [2.05, 4.69) is 29.8 Å². The van der Waals surface area contributed by atoms with Crippen molar-refractivity contribution in [2.75, 3.05) is 5.32 Å².